The largest absolute Gasteiger partial charge is 0.384 e. The average Bonchev–Trinajstić information content (AvgIpc) is 3.05. The fraction of sp³-hybridized carbons (Fsp3) is 0.250. The Kier molecular flexibility index (Phi) is 4.79. The minimum atomic E-state index is -0.908. The van der Waals surface area contributed by atoms with Crippen molar-refractivity contribution in [1.29, 1.82) is 0 Å². The molecule has 0 radical (unpaired) electrons. The lowest BCUT2D eigenvalue weighted by molar-refractivity contribution is 0.0567. The summed E-state index contributed by atoms with van der Waals surface area (Å²) in [6.45, 7) is 5.01. The molecular weight excluding hydrogens is 298 g/mol. The zero-order chi connectivity index (χ0) is 17.0. The number of aryl methyl sites for hydroxylation is 1. The second kappa shape index (κ2) is 6.99. The Hall–Kier alpha value is -2.43. The second-order valence-electron chi connectivity index (χ2n) is 6.38. The van der Waals surface area contributed by atoms with E-state index in [9.17, 15) is 5.11 Å². The summed E-state index contributed by atoms with van der Waals surface area (Å²) in [6.07, 6.45) is 1.83. The first-order valence-corrected chi connectivity index (χ1v) is 8.14. The normalized spacial score (nSPS) is 13.6. The molecule has 124 valence electrons. The highest BCUT2D eigenvalue weighted by Gasteiger charge is 2.22. The van der Waals surface area contributed by atoms with Crippen molar-refractivity contribution in [2.24, 2.45) is 0 Å². The molecule has 0 amide bonds. The minimum Gasteiger partial charge on any atom is -0.384 e. The molecule has 3 aromatic rings. The molecule has 1 aromatic heterocycles. The fourth-order valence-corrected chi connectivity index (χ4v) is 2.76. The van der Waals surface area contributed by atoms with Crippen molar-refractivity contribution in [3.63, 3.8) is 0 Å². The van der Waals surface area contributed by atoms with Crippen molar-refractivity contribution in [2.45, 2.75) is 26.0 Å². The van der Waals surface area contributed by atoms with Crippen molar-refractivity contribution >= 4 is 0 Å². The first-order valence-electron chi connectivity index (χ1n) is 8.14. The first kappa shape index (κ1) is 16.4. The van der Waals surface area contributed by atoms with Gasteiger partial charge in [-0.3, -0.25) is 5.10 Å². The van der Waals surface area contributed by atoms with E-state index in [1.165, 1.54) is 5.56 Å². The summed E-state index contributed by atoms with van der Waals surface area (Å²) in [6, 6.07) is 18.1. The molecule has 0 saturated heterocycles. The Balaban J connectivity index is 1.66. The molecule has 2 aromatic carbocycles. The SMILES string of the molecule is Cc1ccc(-c2[nH]ncc2CNCC(C)(O)c2ccccc2)cc1. The lowest BCUT2D eigenvalue weighted by atomic mass is 9.96. The summed E-state index contributed by atoms with van der Waals surface area (Å²) in [4.78, 5) is 0. The zero-order valence-electron chi connectivity index (χ0n) is 14.1. The van der Waals surface area contributed by atoms with E-state index in [2.05, 4.69) is 46.7 Å². The number of aliphatic hydroxyl groups is 1. The topological polar surface area (TPSA) is 60.9 Å². The molecule has 1 heterocycles. The standard InChI is InChI=1S/C20H23N3O/c1-15-8-10-16(11-9-15)19-17(13-22-23-19)12-21-14-20(2,24)18-6-4-3-5-7-18/h3-11,13,21,24H,12,14H2,1-2H3,(H,22,23). The van der Waals surface area contributed by atoms with Gasteiger partial charge in [0.15, 0.2) is 0 Å². The number of aromatic nitrogens is 2. The van der Waals surface area contributed by atoms with E-state index in [-0.39, 0.29) is 0 Å². The van der Waals surface area contributed by atoms with Gasteiger partial charge in [-0.15, -0.1) is 0 Å². The molecular formula is C20H23N3O. The quantitative estimate of drug-likeness (QED) is 0.652. The number of nitrogens with one attached hydrogen (secondary N) is 2. The molecule has 0 bridgehead atoms. The van der Waals surface area contributed by atoms with Crippen LogP contribution in [0.2, 0.25) is 0 Å². The third-order valence-corrected chi connectivity index (χ3v) is 4.24. The van der Waals surface area contributed by atoms with Crippen LogP contribution in [-0.2, 0) is 12.1 Å². The Labute approximate surface area is 142 Å². The van der Waals surface area contributed by atoms with Gasteiger partial charge in [0.05, 0.1) is 17.5 Å². The van der Waals surface area contributed by atoms with Gasteiger partial charge >= 0.3 is 0 Å². The van der Waals surface area contributed by atoms with Crippen LogP contribution >= 0.6 is 0 Å². The molecule has 0 fully saturated rings. The molecule has 1 atom stereocenters. The van der Waals surface area contributed by atoms with Crippen molar-refractivity contribution in [3.05, 3.63) is 77.5 Å². The van der Waals surface area contributed by atoms with Crippen LogP contribution in [0.4, 0.5) is 0 Å². The molecule has 0 saturated carbocycles. The molecule has 0 aliphatic heterocycles. The first-order chi connectivity index (χ1) is 11.6. The van der Waals surface area contributed by atoms with Crippen molar-refractivity contribution in [3.8, 4) is 11.3 Å². The third-order valence-electron chi connectivity index (χ3n) is 4.24. The van der Waals surface area contributed by atoms with E-state index >= 15 is 0 Å². The highest BCUT2D eigenvalue weighted by Crippen LogP contribution is 2.22. The minimum absolute atomic E-state index is 0.468. The zero-order valence-corrected chi connectivity index (χ0v) is 14.1. The molecule has 3 N–H and O–H groups in total. The lowest BCUT2D eigenvalue weighted by Gasteiger charge is -2.24. The van der Waals surface area contributed by atoms with Crippen molar-refractivity contribution in [1.82, 2.24) is 15.5 Å². The van der Waals surface area contributed by atoms with Crippen LogP contribution in [0.15, 0.2) is 60.8 Å². The van der Waals surface area contributed by atoms with Gasteiger partial charge in [-0.2, -0.15) is 5.10 Å². The molecule has 4 nitrogen and oxygen atoms in total. The lowest BCUT2D eigenvalue weighted by Crippen LogP contribution is -2.35. The summed E-state index contributed by atoms with van der Waals surface area (Å²) in [7, 11) is 0. The van der Waals surface area contributed by atoms with Gasteiger partial charge in [-0.1, -0.05) is 60.2 Å². The van der Waals surface area contributed by atoms with Crippen molar-refractivity contribution in [2.75, 3.05) is 6.54 Å². The van der Waals surface area contributed by atoms with E-state index in [0.717, 1.165) is 22.4 Å². The Morgan fingerprint density at radius 2 is 1.79 bits per heavy atom. The molecule has 1 unspecified atom stereocenters. The number of H-pyrrole nitrogens is 1. The predicted molar refractivity (Wildman–Crippen MR) is 96.5 cm³/mol. The number of benzene rings is 2. The summed E-state index contributed by atoms with van der Waals surface area (Å²) >= 11 is 0. The molecule has 0 aliphatic carbocycles. The fourth-order valence-electron chi connectivity index (χ4n) is 2.76. The van der Waals surface area contributed by atoms with Crippen LogP contribution in [0.25, 0.3) is 11.3 Å². The van der Waals surface area contributed by atoms with Gasteiger partial charge in [0.2, 0.25) is 0 Å². The van der Waals surface area contributed by atoms with E-state index in [4.69, 9.17) is 0 Å². The number of hydrogen-bond donors (Lipinski definition) is 3. The van der Waals surface area contributed by atoms with Crippen LogP contribution in [0.3, 0.4) is 0 Å². The van der Waals surface area contributed by atoms with Crippen molar-refractivity contribution < 1.29 is 5.11 Å². The highest BCUT2D eigenvalue weighted by atomic mass is 16.3. The van der Waals surface area contributed by atoms with Gasteiger partial charge < -0.3 is 10.4 Å². The van der Waals surface area contributed by atoms with Gasteiger partial charge in [0.25, 0.3) is 0 Å². The Morgan fingerprint density at radius 1 is 1.08 bits per heavy atom. The Bertz CT molecular complexity index is 776. The molecule has 3 rings (SSSR count). The van der Waals surface area contributed by atoms with E-state index in [1.54, 1.807) is 0 Å². The van der Waals surface area contributed by atoms with E-state index in [0.29, 0.717) is 13.1 Å². The summed E-state index contributed by atoms with van der Waals surface area (Å²) in [5.74, 6) is 0. The van der Waals surface area contributed by atoms with Crippen LogP contribution in [-0.4, -0.2) is 21.8 Å². The molecule has 24 heavy (non-hydrogen) atoms. The molecule has 4 heteroatoms. The molecule has 0 spiro atoms. The van der Waals surface area contributed by atoms with Crippen LogP contribution in [0, 0.1) is 6.92 Å². The summed E-state index contributed by atoms with van der Waals surface area (Å²) in [5.41, 5.74) is 4.45. The summed E-state index contributed by atoms with van der Waals surface area (Å²) < 4.78 is 0. The van der Waals surface area contributed by atoms with Gasteiger partial charge in [-0.25, -0.2) is 0 Å². The number of rotatable bonds is 6. The maximum absolute atomic E-state index is 10.6. The van der Waals surface area contributed by atoms with E-state index in [1.807, 2.05) is 43.5 Å². The summed E-state index contributed by atoms with van der Waals surface area (Å²) in [5, 5.41) is 21.2. The molecule has 0 aliphatic rings. The monoisotopic (exact) mass is 321 g/mol. The Morgan fingerprint density at radius 3 is 2.50 bits per heavy atom. The highest BCUT2D eigenvalue weighted by molar-refractivity contribution is 5.62. The predicted octanol–water partition coefficient (Wildman–Crippen LogP) is 3.38. The number of nitrogens with zero attached hydrogens (tertiary/aromatic N) is 1. The van der Waals surface area contributed by atoms with Gasteiger partial charge in [0.1, 0.15) is 0 Å². The van der Waals surface area contributed by atoms with Crippen LogP contribution < -0.4 is 5.32 Å². The maximum Gasteiger partial charge on any atom is 0.0992 e. The van der Waals surface area contributed by atoms with E-state index < -0.39 is 5.60 Å². The number of hydrogen-bond acceptors (Lipinski definition) is 3. The second-order valence-corrected chi connectivity index (χ2v) is 6.38. The smallest absolute Gasteiger partial charge is 0.0992 e. The van der Waals surface area contributed by atoms with Crippen LogP contribution in [0.1, 0.15) is 23.6 Å². The third kappa shape index (κ3) is 3.72. The van der Waals surface area contributed by atoms with Crippen LogP contribution in [0.5, 0.6) is 0 Å². The maximum atomic E-state index is 10.6. The average molecular weight is 321 g/mol. The van der Waals surface area contributed by atoms with Gasteiger partial charge in [0, 0.05) is 18.7 Å². The number of aromatic amines is 1. The van der Waals surface area contributed by atoms with Gasteiger partial charge in [-0.05, 0) is 25.0 Å².